The monoisotopic (exact) mass is 332 g/mol. The lowest BCUT2D eigenvalue weighted by Crippen LogP contribution is -2.26. The Morgan fingerprint density at radius 1 is 1.56 bits per heavy atom. The van der Waals surface area contributed by atoms with E-state index in [2.05, 4.69) is 34.3 Å². The van der Waals surface area contributed by atoms with Crippen LogP contribution in [0, 0.1) is 5.92 Å². The molecule has 1 aromatic rings. The molecule has 0 aromatic carbocycles. The van der Waals surface area contributed by atoms with Crippen LogP contribution in [0.3, 0.4) is 0 Å². The Labute approximate surface area is 121 Å². The summed E-state index contributed by atoms with van der Waals surface area (Å²) in [6, 6.07) is 2.06. The minimum absolute atomic E-state index is 0.209. The number of hydrogen-bond donors (Lipinski definition) is 1. The summed E-state index contributed by atoms with van der Waals surface area (Å²) in [6.07, 6.45) is 2.53. The van der Waals surface area contributed by atoms with Crippen LogP contribution in [0.2, 0.25) is 0 Å². The Kier molecular flexibility index (Phi) is 6.89. The van der Waals surface area contributed by atoms with Crippen molar-refractivity contribution < 1.29 is 4.79 Å². The number of halogens is 1. The van der Waals surface area contributed by atoms with Crippen molar-refractivity contribution in [1.29, 1.82) is 0 Å². The van der Waals surface area contributed by atoms with Crippen LogP contribution in [-0.4, -0.2) is 24.4 Å². The van der Waals surface area contributed by atoms with E-state index < -0.39 is 0 Å². The van der Waals surface area contributed by atoms with Crippen molar-refractivity contribution in [2.75, 3.05) is 13.6 Å². The number of nitrogens with zero attached hydrogens (tertiary/aromatic N) is 1. The van der Waals surface area contributed by atoms with Crippen LogP contribution in [0.25, 0.3) is 0 Å². The zero-order valence-corrected chi connectivity index (χ0v) is 13.4. The van der Waals surface area contributed by atoms with Crippen molar-refractivity contribution >= 4 is 33.2 Å². The van der Waals surface area contributed by atoms with Crippen LogP contribution in [0.4, 0.5) is 0 Å². The van der Waals surface area contributed by atoms with Crippen LogP contribution in [-0.2, 0) is 11.3 Å². The maximum Gasteiger partial charge on any atom is 0.222 e. The standard InChI is InChI=1S/C13H21BrN2OS/c1-10(5-6-15)3-4-13(17)16(2)8-11-7-12(14)18-9-11/h7,9-10H,3-6,8,15H2,1-2H3. The summed E-state index contributed by atoms with van der Waals surface area (Å²) in [5.41, 5.74) is 6.68. The van der Waals surface area contributed by atoms with Crippen LogP contribution in [0.15, 0.2) is 15.2 Å². The van der Waals surface area contributed by atoms with Gasteiger partial charge in [0.1, 0.15) is 0 Å². The Hall–Kier alpha value is -0.390. The molecule has 0 saturated carbocycles. The lowest BCUT2D eigenvalue weighted by molar-refractivity contribution is -0.130. The molecule has 0 saturated heterocycles. The van der Waals surface area contributed by atoms with Crippen LogP contribution >= 0.6 is 27.3 Å². The van der Waals surface area contributed by atoms with Crippen molar-refractivity contribution in [3.8, 4) is 0 Å². The largest absolute Gasteiger partial charge is 0.341 e. The number of rotatable bonds is 7. The Morgan fingerprint density at radius 2 is 2.28 bits per heavy atom. The molecule has 18 heavy (non-hydrogen) atoms. The zero-order chi connectivity index (χ0) is 13.5. The van der Waals surface area contributed by atoms with E-state index in [9.17, 15) is 4.79 Å². The highest BCUT2D eigenvalue weighted by molar-refractivity contribution is 9.11. The second-order valence-electron chi connectivity index (χ2n) is 4.73. The maximum atomic E-state index is 11.9. The molecule has 0 fully saturated rings. The van der Waals surface area contributed by atoms with Crippen LogP contribution in [0.5, 0.6) is 0 Å². The molecule has 1 unspecified atom stereocenters. The average Bonchev–Trinajstić information content (AvgIpc) is 2.72. The fraction of sp³-hybridized carbons (Fsp3) is 0.615. The summed E-state index contributed by atoms with van der Waals surface area (Å²) in [4.78, 5) is 13.7. The second kappa shape index (κ2) is 7.92. The molecule has 0 bridgehead atoms. The van der Waals surface area contributed by atoms with Gasteiger partial charge in [0, 0.05) is 20.0 Å². The quantitative estimate of drug-likeness (QED) is 0.833. The molecule has 102 valence electrons. The Balaban J connectivity index is 2.33. The van der Waals surface area contributed by atoms with Crippen LogP contribution in [0.1, 0.15) is 31.7 Å². The first-order valence-electron chi connectivity index (χ1n) is 6.20. The minimum Gasteiger partial charge on any atom is -0.341 e. The molecule has 1 rings (SSSR count). The Bertz CT molecular complexity index is 381. The van der Waals surface area contributed by atoms with E-state index in [1.165, 1.54) is 5.56 Å². The molecule has 0 aliphatic carbocycles. The number of carbonyl (C=O) groups excluding carboxylic acids is 1. The highest BCUT2D eigenvalue weighted by Gasteiger charge is 2.11. The summed E-state index contributed by atoms with van der Waals surface area (Å²) in [6.45, 7) is 3.54. The van der Waals surface area contributed by atoms with Crippen molar-refractivity contribution in [2.24, 2.45) is 11.7 Å². The summed E-state index contributed by atoms with van der Waals surface area (Å²) < 4.78 is 1.11. The van der Waals surface area contributed by atoms with Gasteiger partial charge in [0.15, 0.2) is 0 Å². The number of nitrogens with two attached hydrogens (primary N) is 1. The fourth-order valence-corrected chi connectivity index (χ4v) is 2.98. The summed E-state index contributed by atoms with van der Waals surface area (Å²) in [5.74, 6) is 0.740. The van der Waals surface area contributed by atoms with Gasteiger partial charge in [0.25, 0.3) is 0 Å². The lowest BCUT2D eigenvalue weighted by atomic mass is 10.0. The van der Waals surface area contributed by atoms with E-state index in [-0.39, 0.29) is 5.91 Å². The predicted molar refractivity (Wildman–Crippen MR) is 80.6 cm³/mol. The van der Waals surface area contributed by atoms with Gasteiger partial charge in [0.2, 0.25) is 5.91 Å². The first-order chi connectivity index (χ1) is 8.52. The van der Waals surface area contributed by atoms with Gasteiger partial charge in [-0.05, 0) is 58.2 Å². The van der Waals surface area contributed by atoms with Gasteiger partial charge < -0.3 is 10.6 Å². The smallest absolute Gasteiger partial charge is 0.222 e. The molecule has 1 heterocycles. The van der Waals surface area contributed by atoms with E-state index in [0.717, 1.165) is 16.6 Å². The lowest BCUT2D eigenvalue weighted by Gasteiger charge is -2.17. The van der Waals surface area contributed by atoms with Crippen molar-refractivity contribution in [2.45, 2.75) is 32.7 Å². The molecule has 2 N–H and O–H groups in total. The molecule has 1 aromatic heterocycles. The zero-order valence-electron chi connectivity index (χ0n) is 11.0. The average molecular weight is 333 g/mol. The minimum atomic E-state index is 0.209. The fourth-order valence-electron chi connectivity index (χ4n) is 1.78. The van der Waals surface area contributed by atoms with Gasteiger partial charge in [0.05, 0.1) is 3.79 Å². The normalized spacial score (nSPS) is 12.4. The second-order valence-corrected chi connectivity index (χ2v) is 7.02. The van der Waals surface area contributed by atoms with Crippen molar-refractivity contribution in [1.82, 2.24) is 4.90 Å². The highest BCUT2D eigenvalue weighted by atomic mass is 79.9. The molecule has 0 aliphatic rings. The van der Waals surface area contributed by atoms with E-state index in [4.69, 9.17) is 5.73 Å². The van der Waals surface area contributed by atoms with E-state index >= 15 is 0 Å². The van der Waals surface area contributed by atoms with Crippen molar-refractivity contribution in [3.63, 3.8) is 0 Å². The molecule has 3 nitrogen and oxygen atoms in total. The molecular weight excluding hydrogens is 312 g/mol. The molecule has 0 radical (unpaired) electrons. The van der Waals surface area contributed by atoms with Crippen molar-refractivity contribution in [3.05, 3.63) is 20.8 Å². The molecule has 5 heteroatoms. The molecular formula is C13H21BrN2OS. The molecule has 0 aliphatic heterocycles. The molecule has 0 spiro atoms. The Morgan fingerprint density at radius 3 is 2.83 bits per heavy atom. The van der Waals surface area contributed by atoms with Gasteiger partial charge in [-0.2, -0.15) is 0 Å². The van der Waals surface area contributed by atoms with Gasteiger partial charge in [-0.15, -0.1) is 11.3 Å². The van der Waals surface area contributed by atoms with E-state index in [1.54, 1.807) is 16.2 Å². The molecule has 1 atom stereocenters. The maximum absolute atomic E-state index is 11.9. The topological polar surface area (TPSA) is 46.3 Å². The first-order valence-corrected chi connectivity index (χ1v) is 7.87. The summed E-state index contributed by atoms with van der Waals surface area (Å²) in [7, 11) is 1.86. The number of amides is 1. The third-order valence-corrected chi connectivity index (χ3v) is 4.53. The van der Waals surface area contributed by atoms with Gasteiger partial charge >= 0.3 is 0 Å². The number of carbonyl (C=O) groups is 1. The SMILES string of the molecule is CC(CCN)CCC(=O)N(C)Cc1csc(Br)c1. The molecule has 1 amide bonds. The third-order valence-electron chi connectivity index (χ3n) is 2.98. The first kappa shape index (κ1) is 15.7. The van der Waals surface area contributed by atoms with Crippen LogP contribution < -0.4 is 5.73 Å². The predicted octanol–water partition coefficient (Wildman–Crippen LogP) is 3.23. The number of thiophene rings is 1. The van der Waals surface area contributed by atoms with E-state index in [0.29, 0.717) is 25.4 Å². The van der Waals surface area contributed by atoms with Gasteiger partial charge in [-0.25, -0.2) is 0 Å². The van der Waals surface area contributed by atoms with Gasteiger partial charge in [-0.3, -0.25) is 4.79 Å². The number of hydrogen-bond acceptors (Lipinski definition) is 3. The summed E-state index contributed by atoms with van der Waals surface area (Å²) in [5, 5.41) is 2.07. The van der Waals surface area contributed by atoms with Gasteiger partial charge in [-0.1, -0.05) is 6.92 Å². The van der Waals surface area contributed by atoms with E-state index in [1.807, 2.05) is 7.05 Å². The third kappa shape index (κ3) is 5.50. The highest BCUT2D eigenvalue weighted by Crippen LogP contribution is 2.21. The summed E-state index contributed by atoms with van der Waals surface area (Å²) >= 11 is 5.08.